The smallest absolute Gasteiger partial charge is 0.261 e. The second kappa shape index (κ2) is 6.41. The Morgan fingerprint density at radius 2 is 2.21 bits per heavy atom. The van der Waals surface area contributed by atoms with Gasteiger partial charge in [-0.05, 0) is 30.7 Å². The number of amides is 1. The van der Waals surface area contributed by atoms with Crippen LogP contribution >= 0.6 is 10.7 Å². The van der Waals surface area contributed by atoms with E-state index in [1.54, 1.807) is 13.0 Å². The maximum atomic E-state index is 11.2. The molecule has 0 spiro atoms. The fourth-order valence-corrected chi connectivity index (χ4v) is 2.52. The van der Waals surface area contributed by atoms with Crippen molar-refractivity contribution >= 4 is 25.6 Å². The van der Waals surface area contributed by atoms with Crippen molar-refractivity contribution in [3.05, 3.63) is 23.8 Å². The summed E-state index contributed by atoms with van der Waals surface area (Å²) in [6.07, 6.45) is 0. The van der Waals surface area contributed by atoms with Crippen molar-refractivity contribution in [2.45, 2.75) is 11.8 Å². The standard InChI is InChI=1S/C11H11ClN2O4S/c1-8-6-9(2-3-10(8)19(12,16)17)18-7-11(15)14-5-4-13/h2-3,6H,5,7H2,1H3,(H,14,15). The van der Waals surface area contributed by atoms with Gasteiger partial charge in [0.1, 0.15) is 12.3 Å². The zero-order valence-corrected chi connectivity index (χ0v) is 11.6. The van der Waals surface area contributed by atoms with Crippen LogP contribution in [0.3, 0.4) is 0 Å². The Hall–Kier alpha value is -1.78. The molecule has 0 bridgehead atoms. The van der Waals surface area contributed by atoms with E-state index in [9.17, 15) is 13.2 Å². The van der Waals surface area contributed by atoms with Crippen LogP contribution in [0.5, 0.6) is 5.75 Å². The third-order valence-corrected chi connectivity index (χ3v) is 3.63. The van der Waals surface area contributed by atoms with Gasteiger partial charge in [0.2, 0.25) is 0 Å². The molecule has 19 heavy (non-hydrogen) atoms. The Balaban J connectivity index is 2.70. The normalized spacial score (nSPS) is 10.6. The number of hydrogen-bond acceptors (Lipinski definition) is 5. The first-order chi connectivity index (χ1) is 8.84. The van der Waals surface area contributed by atoms with Crippen LogP contribution in [0, 0.1) is 18.3 Å². The SMILES string of the molecule is Cc1cc(OCC(=O)NCC#N)ccc1S(=O)(=O)Cl. The van der Waals surface area contributed by atoms with E-state index in [1.807, 2.05) is 0 Å². The molecule has 0 heterocycles. The molecule has 1 rings (SSSR count). The highest BCUT2D eigenvalue weighted by atomic mass is 35.7. The van der Waals surface area contributed by atoms with Crippen molar-refractivity contribution in [2.75, 3.05) is 13.2 Å². The molecule has 0 aliphatic heterocycles. The highest BCUT2D eigenvalue weighted by Gasteiger charge is 2.14. The molecule has 102 valence electrons. The fraction of sp³-hybridized carbons (Fsp3) is 0.273. The summed E-state index contributed by atoms with van der Waals surface area (Å²) in [5, 5.41) is 10.6. The summed E-state index contributed by atoms with van der Waals surface area (Å²) in [7, 11) is 1.45. The van der Waals surface area contributed by atoms with Crippen molar-refractivity contribution in [1.82, 2.24) is 5.32 Å². The zero-order chi connectivity index (χ0) is 14.5. The van der Waals surface area contributed by atoms with Crippen molar-refractivity contribution in [3.8, 4) is 11.8 Å². The van der Waals surface area contributed by atoms with Gasteiger partial charge in [-0.1, -0.05) is 0 Å². The molecule has 0 saturated carbocycles. The molecule has 0 aliphatic rings. The molecular formula is C11H11ClN2O4S. The van der Waals surface area contributed by atoms with Crippen LogP contribution in [0.15, 0.2) is 23.1 Å². The summed E-state index contributed by atoms with van der Waals surface area (Å²) in [6, 6.07) is 5.93. The van der Waals surface area contributed by atoms with Crippen LogP contribution in [0.25, 0.3) is 0 Å². The van der Waals surface area contributed by atoms with Crippen LogP contribution in [0.1, 0.15) is 5.56 Å². The molecule has 8 heteroatoms. The number of nitrogens with zero attached hydrogens (tertiary/aromatic N) is 1. The van der Waals surface area contributed by atoms with Gasteiger partial charge in [-0.15, -0.1) is 0 Å². The quantitative estimate of drug-likeness (QED) is 0.645. The van der Waals surface area contributed by atoms with Gasteiger partial charge in [0.25, 0.3) is 15.0 Å². The van der Waals surface area contributed by atoms with E-state index in [0.29, 0.717) is 11.3 Å². The Labute approximate surface area is 115 Å². The molecular weight excluding hydrogens is 292 g/mol. The third-order valence-electron chi connectivity index (χ3n) is 2.14. The van der Waals surface area contributed by atoms with Gasteiger partial charge < -0.3 is 10.1 Å². The number of benzene rings is 1. The van der Waals surface area contributed by atoms with Gasteiger partial charge in [0, 0.05) is 10.7 Å². The van der Waals surface area contributed by atoms with Crippen molar-refractivity contribution in [2.24, 2.45) is 0 Å². The number of halogens is 1. The van der Waals surface area contributed by atoms with Crippen LogP contribution < -0.4 is 10.1 Å². The highest BCUT2D eigenvalue weighted by molar-refractivity contribution is 8.13. The van der Waals surface area contributed by atoms with Crippen LogP contribution in [0.4, 0.5) is 0 Å². The maximum Gasteiger partial charge on any atom is 0.261 e. The number of rotatable bonds is 5. The summed E-state index contributed by atoms with van der Waals surface area (Å²) in [5.41, 5.74) is 0.421. The molecule has 0 radical (unpaired) electrons. The first-order valence-electron chi connectivity index (χ1n) is 5.16. The molecule has 1 amide bonds. The summed E-state index contributed by atoms with van der Waals surface area (Å²) in [6.45, 7) is 1.22. The van der Waals surface area contributed by atoms with Crippen LogP contribution in [0.2, 0.25) is 0 Å². The Morgan fingerprint density at radius 1 is 1.53 bits per heavy atom. The Kier molecular flexibility index (Phi) is 5.15. The van der Waals surface area contributed by atoms with E-state index in [-0.39, 0.29) is 18.0 Å². The second-order valence-corrected chi connectivity index (χ2v) is 6.12. The third kappa shape index (κ3) is 4.77. The number of aryl methyl sites for hydroxylation is 1. The van der Waals surface area contributed by atoms with E-state index in [4.69, 9.17) is 20.7 Å². The minimum atomic E-state index is -3.79. The number of nitrogens with one attached hydrogen (secondary N) is 1. The lowest BCUT2D eigenvalue weighted by atomic mass is 10.2. The number of carbonyl (C=O) groups is 1. The lowest BCUT2D eigenvalue weighted by Crippen LogP contribution is -2.29. The average Bonchev–Trinajstić information content (AvgIpc) is 2.32. The predicted molar refractivity (Wildman–Crippen MR) is 68.3 cm³/mol. The maximum absolute atomic E-state index is 11.2. The van der Waals surface area contributed by atoms with E-state index in [1.165, 1.54) is 18.2 Å². The number of hydrogen-bond donors (Lipinski definition) is 1. The molecule has 0 aromatic heterocycles. The lowest BCUT2D eigenvalue weighted by Gasteiger charge is -2.08. The van der Waals surface area contributed by atoms with Gasteiger partial charge in [-0.25, -0.2) is 8.42 Å². The first-order valence-corrected chi connectivity index (χ1v) is 7.47. The molecule has 0 aliphatic carbocycles. The van der Waals surface area contributed by atoms with Gasteiger partial charge >= 0.3 is 0 Å². The molecule has 0 saturated heterocycles. The molecule has 0 unspecified atom stereocenters. The Morgan fingerprint density at radius 3 is 2.74 bits per heavy atom. The monoisotopic (exact) mass is 302 g/mol. The van der Waals surface area contributed by atoms with Crippen LogP contribution in [-0.4, -0.2) is 27.5 Å². The number of ether oxygens (including phenoxy) is 1. The largest absolute Gasteiger partial charge is 0.484 e. The zero-order valence-electron chi connectivity index (χ0n) is 10.0. The molecule has 6 nitrogen and oxygen atoms in total. The van der Waals surface area contributed by atoms with Gasteiger partial charge in [0.05, 0.1) is 11.0 Å². The summed E-state index contributed by atoms with van der Waals surface area (Å²) in [4.78, 5) is 11.2. The van der Waals surface area contributed by atoms with E-state index >= 15 is 0 Å². The summed E-state index contributed by atoms with van der Waals surface area (Å²) >= 11 is 0. The van der Waals surface area contributed by atoms with Crippen molar-refractivity contribution in [3.63, 3.8) is 0 Å². The highest BCUT2D eigenvalue weighted by Crippen LogP contribution is 2.23. The van der Waals surface area contributed by atoms with E-state index in [2.05, 4.69) is 5.32 Å². The fourth-order valence-electron chi connectivity index (χ4n) is 1.32. The van der Waals surface area contributed by atoms with Gasteiger partial charge in [-0.3, -0.25) is 4.79 Å². The van der Waals surface area contributed by atoms with Crippen molar-refractivity contribution < 1.29 is 17.9 Å². The average molecular weight is 303 g/mol. The molecule has 0 fully saturated rings. The topological polar surface area (TPSA) is 96.3 Å². The molecule has 0 atom stereocenters. The van der Waals surface area contributed by atoms with Gasteiger partial charge in [-0.2, -0.15) is 5.26 Å². The summed E-state index contributed by atoms with van der Waals surface area (Å²) in [5.74, 6) is -0.0954. The number of carbonyl (C=O) groups excluding carboxylic acids is 1. The summed E-state index contributed by atoms with van der Waals surface area (Å²) < 4.78 is 27.5. The molecule has 1 aromatic carbocycles. The van der Waals surface area contributed by atoms with E-state index < -0.39 is 15.0 Å². The number of nitriles is 1. The molecule has 1 N–H and O–H groups in total. The van der Waals surface area contributed by atoms with Crippen molar-refractivity contribution in [1.29, 1.82) is 5.26 Å². The first kappa shape index (κ1) is 15.3. The second-order valence-electron chi connectivity index (χ2n) is 3.59. The minimum Gasteiger partial charge on any atom is -0.484 e. The lowest BCUT2D eigenvalue weighted by molar-refractivity contribution is -0.122. The van der Waals surface area contributed by atoms with Crippen LogP contribution in [-0.2, 0) is 13.8 Å². The molecule has 1 aromatic rings. The predicted octanol–water partition coefficient (Wildman–Crippen LogP) is 0.941. The van der Waals surface area contributed by atoms with E-state index in [0.717, 1.165) is 0 Å². The Bertz CT molecular complexity index is 622. The van der Waals surface area contributed by atoms with Gasteiger partial charge in [0.15, 0.2) is 6.61 Å². The minimum absolute atomic E-state index is 0.00421.